The van der Waals surface area contributed by atoms with E-state index < -0.39 is 5.60 Å². The lowest BCUT2D eigenvalue weighted by Crippen LogP contribution is -2.50. The van der Waals surface area contributed by atoms with Crippen molar-refractivity contribution in [3.63, 3.8) is 0 Å². The van der Waals surface area contributed by atoms with Gasteiger partial charge in [0.15, 0.2) is 0 Å². The van der Waals surface area contributed by atoms with Gasteiger partial charge in [0, 0.05) is 37.9 Å². The molecule has 0 aliphatic carbocycles. The molecule has 3 rings (SSSR count). The van der Waals surface area contributed by atoms with Crippen LogP contribution in [-0.2, 0) is 13.1 Å². The van der Waals surface area contributed by atoms with E-state index in [0.717, 1.165) is 39.0 Å². The van der Waals surface area contributed by atoms with Crippen LogP contribution in [0.5, 0.6) is 0 Å². The van der Waals surface area contributed by atoms with E-state index in [4.69, 9.17) is 0 Å². The highest BCUT2D eigenvalue weighted by atomic mass is 16.3. The van der Waals surface area contributed by atoms with Gasteiger partial charge >= 0.3 is 0 Å². The molecular weight excluding hydrogens is 310 g/mol. The van der Waals surface area contributed by atoms with Gasteiger partial charge < -0.3 is 5.11 Å². The highest BCUT2D eigenvalue weighted by molar-refractivity contribution is 5.23. The highest BCUT2D eigenvalue weighted by Crippen LogP contribution is 2.32. The number of rotatable bonds is 6. The standard InChI is InChI=1S/C21H31N3O/c1-17(2)12-20-16-23(11-8-21(20,3)25)14-18-6-4-7-19(13-18)15-24-10-5-9-22-24/h4-7,9-10,13,17,20,25H,8,11-12,14-16H2,1-3H3/t20-,21+/m1/s1. The third-order valence-corrected chi connectivity index (χ3v) is 5.35. The molecule has 4 heteroatoms. The van der Waals surface area contributed by atoms with Crippen molar-refractivity contribution in [1.82, 2.24) is 14.7 Å². The summed E-state index contributed by atoms with van der Waals surface area (Å²) in [7, 11) is 0. The Labute approximate surface area is 151 Å². The molecule has 1 aromatic carbocycles. The van der Waals surface area contributed by atoms with Gasteiger partial charge in [0.05, 0.1) is 12.1 Å². The molecule has 1 N–H and O–H groups in total. The van der Waals surface area contributed by atoms with Crippen molar-refractivity contribution in [3.8, 4) is 0 Å². The average molecular weight is 341 g/mol. The van der Waals surface area contributed by atoms with Crippen molar-refractivity contribution in [2.45, 2.75) is 52.3 Å². The molecule has 1 saturated heterocycles. The maximum absolute atomic E-state index is 10.7. The monoisotopic (exact) mass is 341 g/mol. The molecular formula is C21H31N3O. The average Bonchev–Trinajstić information content (AvgIpc) is 3.04. The minimum absolute atomic E-state index is 0.355. The van der Waals surface area contributed by atoms with Gasteiger partial charge in [-0.05, 0) is 42.9 Å². The molecule has 4 nitrogen and oxygen atoms in total. The van der Waals surface area contributed by atoms with Crippen LogP contribution in [0.2, 0.25) is 0 Å². The zero-order valence-electron chi connectivity index (χ0n) is 15.7. The smallest absolute Gasteiger partial charge is 0.0672 e. The molecule has 1 aromatic heterocycles. The van der Waals surface area contributed by atoms with Crippen LogP contribution in [-0.4, -0.2) is 38.5 Å². The maximum Gasteiger partial charge on any atom is 0.0672 e. The number of piperidine rings is 1. The summed E-state index contributed by atoms with van der Waals surface area (Å²) in [6.45, 7) is 10.2. The van der Waals surface area contributed by atoms with Crippen LogP contribution in [0.25, 0.3) is 0 Å². The first kappa shape index (κ1) is 18.2. The second kappa shape index (κ2) is 7.71. The van der Waals surface area contributed by atoms with E-state index in [1.165, 1.54) is 11.1 Å². The Morgan fingerprint density at radius 1 is 1.24 bits per heavy atom. The van der Waals surface area contributed by atoms with Gasteiger partial charge in [0.2, 0.25) is 0 Å². The van der Waals surface area contributed by atoms with Gasteiger partial charge in [-0.1, -0.05) is 38.1 Å². The molecule has 0 bridgehead atoms. The van der Waals surface area contributed by atoms with Crippen LogP contribution in [0.3, 0.4) is 0 Å². The second-order valence-corrected chi connectivity index (χ2v) is 8.19. The Bertz CT molecular complexity index is 664. The number of nitrogens with zero attached hydrogens (tertiary/aromatic N) is 3. The fraction of sp³-hybridized carbons (Fsp3) is 0.571. The molecule has 0 radical (unpaired) electrons. The first-order valence-electron chi connectivity index (χ1n) is 9.42. The van der Waals surface area contributed by atoms with E-state index in [2.05, 4.69) is 48.1 Å². The van der Waals surface area contributed by atoms with Gasteiger partial charge in [-0.25, -0.2) is 0 Å². The normalized spacial score (nSPS) is 24.8. The van der Waals surface area contributed by atoms with Gasteiger partial charge in [-0.3, -0.25) is 9.58 Å². The van der Waals surface area contributed by atoms with Gasteiger partial charge in [0.25, 0.3) is 0 Å². The lowest BCUT2D eigenvalue weighted by Gasteiger charge is -2.43. The number of aromatic nitrogens is 2. The van der Waals surface area contributed by atoms with Crippen molar-refractivity contribution in [1.29, 1.82) is 0 Å². The Morgan fingerprint density at radius 2 is 2.00 bits per heavy atom. The lowest BCUT2D eigenvalue weighted by atomic mass is 9.78. The molecule has 0 saturated carbocycles. The Kier molecular flexibility index (Phi) is 5.60. The summed E-state index contributed by atoms with van der Waals surface area (Å²) in [6, 6.07) is 10.7. The fourth-order valence-electron chi connectivity index (χ4n) is 3.89. The van der Waals surface area contributed by atoms with E-state index >= 15 is 0 Å². The van der Waals surface area contributed by atoms with Crippen molar-refractivity contribution < 1.29 is 5.11 Å². The maximum atomic E-state index is 10.7. The van der Waals surface area contributed by atoms with Crippen molar-refractivity contribution in [2.24, 2.45) is 11.8 Å². The van der Waals surface area contributed by atoms with Crippen molar-refractivity contribution >= 4 is 0 Å². The summed E-state index contributed by atoms with van der Waals surface area (Å²) in [5.41, 5.74) is 2.10. The molecule has 25 heavy (non-hydrogen) atoms. The molecule has 1 fully saturated rings. The van der Waals surface area contributed by atoms with Crippen LogP contribution in [0.4, 0.5) is 0 Å². The number of hydrogen-bond donors (Lipinski definition) is 1. The SMILES string of the molecule is CC(C)C[C@@H]1CN(Cc2cccc(Cn3cccn3)c2)CC[C@]1(C)O. The summed E-state index contributed by atoms with van der Waals surface area (Å²) >= 11 is 0. The summed E-state index contributed by atoms with van der Waals surface area (Å²) in [4.78, 5) is 2.50. The molecule has 2 heterocycles. The van der Waals surface area contributed by atoms with Crippen molar-refractivity contribution in [3.05, 3.63) is 53.9 Å². The second-order valence-electron chi connectivity index (χ2n) is 8.19. The largest absolute Gasteiger partial charge is 0.390 e. The number of aliphatic hydroxyl groups is 1. The summed E-state index contributed by atoms with van der Waals surface area (Å²) in [6.07, 6.45) is 5.76. The number of benzene rings is 1. The van der Waals surface area contributed by atoms with Crippen LogP contribution in [0.1, 0.15) is 44.7 Å². The summed E-state index contributed by atoms with van der Waals surface area (Å²) in [5.74, 6) is 0.974. The van der Waals surface area contributed by atoms with E-state index in [9.17, 15) is 5.11 Å². The minimum Gasteiger partial charge on any atom is -0.390 e. The Hall–Kier alpha value is -1.65. The molecule has 1 aliphatic heterocycles. The molecule has 2 aromatic rings. The molecule has 0 spiro atoms. The zero-order chi connectivity index (χ0) is 17.9. The van der Waals surface area contributed by atoms with Crippen molar-refractivity contribution in [2.75, 3.05) is 13.1 Å². The highest BCUT2D eigenvalue weighted by Gasteiger charge is 2.37. The van der Waals surface area contributed by atoms with Gasteiger partial charge in [0.1, 0.15) is 0 Å². The summed E-state index contributed by atoms with van der Waals surface area (Å²) < 4.78 is 1.95. The lowest BCUT2D eigenvalue weighted by molar-refractivity contribution is -0.0664. The zero-order valence-corrected chi connectivity index (χ0v) is 15.7. The fourth-order valence-corrected chi connectivity index (χ4v) is 3.89. The topological polar surface area (TPSA) is 41.3 Å². The van der Waals surface area contributed by atoms with Crippen LogP contribution < -0.4 is 0 Å². The van der Waals surface area contributed by atoms with E-state index in [1.54, 1.807) is 0 Å². The van der Waals surface area contributed by atoms with Gasteiger partial charge in [-0.2, -0.15) is 5.10 Å². The van der Waals surface area contributed by atoms with E-state index in [1.807, 2.05) is 30.1 Å². The minimum atomic E-state index is -0.525. The third kappa shape index (κ3) is 4.93. The molecule has 136 valence electrons. The van der Waals surface area contributed by atoms with E-state index in [0.29, 0.717) is 11.8 Å². The quantitative estimate of drug-likeness (QED) is 0.873. The molecule has 0 amide bonds. The third-order valence-electron chi connectivity index (χ3n) is 5.35. The molecule has 1 aliphatic rings. The Balaban J connectivity index is 1.64. The molecule has 2 atom stereocenters. The van der Waals surface area contributed by atoms with Crippen LogP contribution >= 0.6 is 0 Å². The number of hydrogen-bond acceptors (Lipinski definition) is 3. The molecule has 0 unspecified atom stereocenters. The Morgan fingerprint density at radius 3 is 2.68 bits per heavy atom. The first-order chi connectivity index (χ1) is 11.9. The predicted molar refractivity (Wildman–Crippen MR) is 101 cm³/mol. The predicted octanol–water partition coefficient (Wildman–Crippen LogP) is 3.55. The number of likely N-dealkylation sites (tertiary alicyclic amines) is 1. The van der Waals surface area contributed by atoms with Crippen LogP contribution in [0.15, 0.2) is 42.7 Å². The van der Waals surface area contributed by atoms with Crippen LogP contribution in [0, 0.1) is 11.8 Å². The van der Waals surface area contributed by atoms with Gasteiger partial charge in [-0.15, -0.1) is 0 Å². The van der Waals surface area contributed by atoms with E-state index in [-0.39, 0.29) is 0 Å². The summed E-state index contributed by atoms with van der Waals surface area (Å²) in [5, 5.41) is 15.0. The first-order valence-corrected chi connectivity index (χ1v) is 9.42.